The summed E-state index contributed by atoms with van der Waals surface area (Å²) in [5.74, 6) is 0. The molecule has 24 heavy (non-hydrogen) atoms. The summed E-state index contributed by atoms with van der Waals surface area (Å²) >= 11 is 1.47. The molecule has 0 unspecified atom stereocenters. The van der Waals surface area contributed by atoms with Gasteiger partial charge in [-0.3, -0.25) is 15.1 Å². The van der Waals surface area contributed by atoms with Gasteiger partial charge in [0, 0.05) is 31.0 Å². The minimum atomic E-state index is -0.423. The Hall–Kier alpha value is -3.13. The number of nitrogens with zero attached hydrogens (tertiary/aromatic N) is 4. The van der Waals surface area contributed by atoms with Gasteiger partial charge in [-0.05, 0) is 29.8 Å². The average Bonchev–Trinajstić information content (AvgIpc) is 3.10. The Bertz CT molecular complexity index is 889. The van der Waals surface area contributed by atoms with Gasteiger partial charge >= 0.3 is 0 Å². The number of hydrogen-bond donors (Lipinski definition) is 1. The van der Waals surface area contributed by atoms with Crippen LogP contribution in [0.2, 0.25) is 0 Å². The Kier molecular flexibility index (Phi) is 4.57. The molecular weight excluding hydrogens is 326 g/mol. The summed E-state index contributed by atoms with van der Waals surface area (Å²) in [6.07, 6.45) is 1.60. The molecule has 0 atom stereocenters. The topological polar surface area (TPSA) is 93.3 Å². The third-order valence-corrected chi connectivity index (χ3v) is 4.19. The number of anilines is 1. The number of nitro groups is 1. The molecule has 8 heteroatoms. The predicted octanol–water partition coefficient (Wildman–Crippen LogP) is 3.91. The van der Waals surface area contributed by atoms with E-state index in [4.69, 9.17) is 0 Å². The minimum absolute atomic E-state index is 0.0471. The first kappa shape index (κ1) is 15.8. The van der Waals surface area contributed by atoms with Crippen LogP contribution in [0.1, 0.15) is 5.56 Å². The van der Waals surface area contributed by atoms with Gasteiger partial charge in [-0.1, -0.05) is 23.5 Å². The van der Waals surface area contributed by atoms with Gasteiger partial charge in [0.25, 0.3) is 5.69 Å². The first-order valence-corrected chi connectivity index (χ1v) is 7.87. The fourth-order valence-corrected chi connectivity index (χ4v) is 2.70. The highest BCUT2D eigenvalue weighted by atomic mass is 32.1. The van der Waals surface area contributed by atoms with E-state index in [2.05, 4.69) is 20.5 Å². The lowest BCUT2D eigenvalue weighted by atomic mass is 10.2. The van der Waals surface area contributed by atoms with Gasteiger partial charge in [0.05, 0.1) is 10.6 Å². The van der Waals surface area contributed by atoms with E-state index in [-0.39, 0.29) is 5.69 Å². The predicted molar refractivity (Wildman–Crippen MR) is 95.2 cm³/mol. The zero-order valence-corrected chi connectivity index (χ0v) is 13.5. The van der Waals surface area contributed by atoms with Gasteiger partial charge in [0.15, 0.2) is 0 Å². The van der Waals surface area contributed by atoms with Crippen LogP contribution in [0.15, 0.2) is 53.5 Å². The van der Waals surface area contributed by atoms with E-state index in [1.165, 1.54) is 23.5 Å². The third kappa shape index (κ3) is 3.61. The first-order chi connectivity index (χ1) is 11.7. The number of nitro benzene ring substituents is 1. The van der Waals surface area contributed by atoms with Gasteiger partial charge in [-0.2, -0.15) is 0 Å². The molecule has 0 saturated carbocycles. The molecule has 3 aromatic rings. The molecule has 120 valence electrons. The maximum absolute atomic E-state index is 10.8. The molecule has 0 aliphatic carbocycles. The van der Waals surface area contributed by atoms with Crippen molar-refractivity contribution in [1.29, 1.82) is 0 Å². The molecule has 0 saturated heterocycles. The van der Waals surface area contributed by atoms with Crippen molar-refractivity contribution in [2.45, 2.75) is 0 Å². The van der Waals surface area contributed by atoms with Gasteiger partial charge in [0.1, 0.15) is 5.01 Å². The Labute approximate surface area is 141 Å². The SMILES string of the molecule is CNc1nnc(-c2ccc(N=Cc3cccc([N+](=O)[O-])c3)cc2)s1. The zero-order chi connectivity index (χ0) is 16.9. The van der Waals surface area contributed by atoms with Gasteiger partial charge in [-0.25, -0.2) is 0 Å². The number of benzene rings is 2. The second-order valence-electron chi connectivity index (χ2n) is 4.82. The van der Waals surface area contributed by atoms with Crippen LogP contribution in [-0.4, -0.2) is 28.4 Å². The first-order valence-electron chi connectivity index (χ1n) is 7.06. The molecular formula is C16H13N5O2S. The van der Waals surface area contributed by atoms with Gasteiger partial charge in [0.2, 0.25) is 5.13 Å². The normalized spacial score (nSPS) is 10.9. The lowest BCUT2D eigenvalue weighted by Gasteiger charge is -1.97. The number of hydrogen-bond acceptors (Lipinski definition) is 7. The Morgan fingerprint density at radius 2 is 2.00 bits per heavy atom. The smallest absolute Gasteiger partial charge is 0.270 e. The second kappa shape index (κ2) is 6.97. The molecule has 1 heterocycles. The molecule has 0 amide bonds. The molecule has 0 aliphatic rings. The maximum atomic E-state index is 10.8. The van der Waals surface area contributed by atoms with Crippen LogP contribution < -0.4 is 5.32 Å². The quantitative estimate of drug-likeness (QED) is 0.432. The van der Waals surface area contributed by atoms with Crippen molar-refractivity contribution in [3.63, 3.8) is 0 Å². The van der Waals surface area contributed by atoms with Crippen molar-refractivity contribution in [2.24, 2.45) is 4.99 Å². The number of non-ortho nitro benzene ring substituents is 1. The van der Waals surface area contributed by atoms with Gasteiger partial charge in [-0.15, -0.1) is 10.2 Å². The van der Waals surface area contributed by atoms with E-state index in [9.17, 15) is 10.1 Å². The van der Waals surface area contributed by atoms with Crippen molar-refractivity contribution >= 4 is 34.1 Å². The van der Waals surface area contributed by atoms with Crippen LogP contribution in [0.5, 0.6) is 0 Å². The highest BCUT2D eigenvalue weighted by molar-refractivity contribution is 7.18. The van der Waals surface area contributed by atoms with Crippen molar-refractivity contribution in [1.82, 2.24) is 10.2 Å². The largest absolute Gasteiger partial charge is 0.363 e. The molecule has 3 rings (SSSR count). The summed E-state index contributed by atoms with van der Waals surface area (Å²) in [5.41, 5.74) is 2.44. The monoisotopic (exact) mass is 339 g/mol. The van der Waals surface area contributed by atoms with E-state index < -0.39 is 4.92 Å². The number of aromatic nitrogens is 2. The Balaban J connectivity index is 1.76. The molecule has 0 fully saturated rings. The van der Waals surface area contributed by atoms with E-state index >= 15 is 0 Å². The summed E-state index contributed by atoms with van der Waals surface area (Å²) in [6.45, 7) is 0. The van der Waals surface area contributed by atoms with Crippen LogP contribution in [0.4, 0.5) is 16.5 Å². The van der Waals surface area contributed by atoms with Crippen LogP contribution in [0, 0.1) is 10.1 Å². The number of aliphatic imine (C=N–C) groups is 1. The number of nitrogens with one attached hydrogen (secondary N) is 1. The summed E-state index contributed by atoms with van der Waals surface area (Å²) in [5, 5.41) is 23.4. The second-order valence-corrected chi connectivity index (χ2v) is 5.80. The fraction of sp³-hybridized carbons (Fsp3) is 0.0625. The van der Waals surface area contributed by atoms with Crippen LogP contribution in [-0.2, 0) is 0 Å². The highest BCUT2D eigenvalue weighted by Crippen LogP contribution is 2.27. The van der Waals surface area contributed by atoms with Crippen LogP contribution in [0.25, 0.3) is 10.6 Å². The Morgan fingerprint density at radius 1 is 1.21 bits per heavy atom. The van der Waals surface area contributed by atoms with Crippen LogP contribution in [0.3, 0.4) is 0 Å². The van der Waals surface area contributed by atoms with Crippen molar-refractivity contribution in [2.75, 3.05) is 12.4 Å². The minimum Gasteiger partial charge on any atom is -0.363 e. The Morgan fingerprint density at radius 3 is 2.67 bits per heavy atom. The average molecular weight is 339 g/mol. The van der Waals surface area contributed by atoms with Crippen LogP contribution >= 0.6 is 11.3 Å². The van der Waals surface area contributed by atoms with Crippen molar-refractivity contribution < 1.29 is 4.92 Å². The summed E-state index contributed by atoms with van der Waals surface area (Å²) in [4.78, 5) is 14.7. The summed E-state index contributed by atoms with van der Waals surface area (Å²) in [7, 11) is 1.80. The van der Waals surface area contributed by atoms with E-state index in [0.29, 0.717) is 5.56 Å². The van der Waals surface area contributed by atoms with Crippen molar-refractivity contribution in [3.8, 4) is 10.6 Å². The van der Waals surface area contributed by atoms with Crippen molar-refractivity contribution in [3.05, 3.63) is 64.2 Å². The molecule has 1 aromatic heterocycles. The standard InChI is InChI=1S/C16H13N5O2S/c1-17-16-20-19-15(24-16)12-5-7-13(8-6-12)18-10-11-3-2-4-14(9-11)21(22)23/h2-10H,1H3,(H,17,20). The summed E-state index contributed by atoms with van der Waals surface area (Å²) in [6, 6.07) is 13.9. The van der Waals surface area contributed by atoms with E-state index in [0.717, 1.165) is 21.4 Å². The molecule has 1 N–H and O–H groups in total. The van der Waals surface area contributed by atoms with E-state index in [1.807, 2.05) is 24.3 Å². The molecule has 0 bridgehead atoms. The lowest BCUT2D eigenvalue weighted by Crippen LogP contribution is -1.89. The molecule has 2 aromatic carbocycles. The molecule has 0 aliphatic heterocycles. The molecule has 0 radical (unpaired) electrons. The molecule has 0 spiro atoms. The number of rotatable bonds is 5. The zero-order valence-electron chi connectivity index (χ0n) is 12.7. The fourth-order valence-electron chi connectivity index (χ4n) is 2.00. The summed E-state index contributed by atoms with van der Waals surface area (Å²) < 4.78 is 0. The lowest BCUT2D eigenvalue weighted by molar-refractivity contribution is -0.384. The highest BCUT2D eigenvalue weighted by Gasteiger charge is 2.06. The van der Waals surface area contributed by atoms with Gasteiger partial charge < -0.3 is 5.32 Å². The van der Waals surface area contributed by atoms with E-state index in [1.54, 1.807) is 25.4 Å². The third-order valence-electron chi connectivity index (χ3n) is 3.20. The molecule has 7 nitrogen and oxygen atoms in total. The maximum Gasteiger partial charge on any atom is 0.270 e.